The molecule has 1 heterocycles. The lowest BCUT2D eigenvalue weighted by Gasteiger charge is -2.21. The smallest absolute Gasteiger partial charge is 0.189 e. The van der Waals surface area contributed by atoms with Crippen LogP contribution in [0.3, 0.4) is 0 Å². The van der Waals surface area contributed by atoms with E-state index >= 15 is 0 Å². The summed E-state index contributed by atoms with van der Waals surface area (Å²) in [5.74, 6) is 1.39. The lowest BCUT2D eigenvalue weighted by molar-refractivity contribution is -0.0175. The van der Waals surface area contributed by atoms with Gasteiger partial charge in [-0.15, -0.1) is 0 Å². The zero-order valence-electron chi connectivity index (χ0n) is 11.1. The SMILES string of the molecule is Nc1cc2c(c(COc3cc(Br)ccc3Cl)c1)OCOC2. The third-order valence-electron chi connectivity index (χ3n) is 3.09. The Morgan fingerprint density at radius 1 is 1.29 bits per heavy atom. The number of ether oxygens (including phenoxy) is 3. The molecule has 2 aromatic rings. The van der Waals surface area contributed by atoms with Crippen molar-refractivity contribution in [3.05, 3.63) is 51.0 Å². The summed E-state index contributed by atoms with van der Waals surface area (Å²) >= 11 is 9.51. The molecule has 0 atom stereocenters. The number of benzene rings is 2. The van der Waals surface area contributed by atoms with Crippen LogP contribution < -0.4 is 15.2 Å². The molecular formula is C15H13BrClNO3. The first-order valence-electron chi connectivity index (χ1n) is 6.33. The maximum atomic E-state index is 6.12. The van der Waals surface area contributed by atoms with Crippen molar-refractivity contribution in [3.63, 3.8) is 0 Å². The molecule has 0 spiro atoms. The normalized spacial score (nSPS) is 13.4. The van der Waals surface area contributed by atoms with Gasteiger partial charge in [-0.3, -0.25) is 0 Å². The van der Waals surface area contributed by atoms with Crippen LogP contribution in [0.15, 0.2) is 34.8 Å². The van der Waals surface area contributed by atoms with Crippen LogP contribution in [0.2, 0.25) is 5.02 Å². The third kappa shape index (κ3) is 3.26. The fraction of sp³-hybridized carbons (Fsp3) is 0.200. The molecule has 2 N–H and O–H groups in total. The number of nitrogens with two attached hydrogens (primary N) is 1. The highest BCUT2D eigenvalue weighted by molar-refractivity contribution is 9.10. The van der Waals surface area contributed by atoms with Crippen LogP contribution in [-0.4, -0.2) is 6.79 Å². The second kappa shape index (κ2) is 6.13. The van der Waals surface area contributed by atoms with Crippen molar-refractivity contribution < 1.29 is 14.2 Å². The minimum atomic E-state index is 0.238. The van der Waals surface area contributed by atoms with Gasteiger partial charge < -0.3 is 19.9 Å². The average Bonchev–Trinajstić information content (AvgIpc) is 2.47. The predicted octanol–water partition coefficient (Wildman–Crippen LogP) is 4.13. The van der Waals surface area contributed by atoms with Crippen LogP contribution in [0.4, 0.5) is 5.69 Å². The summed E-state index contributed by atoms with van der Waals surface area (Å²) in [6.07, 6.45) is 0. The van der Waals surface area contributed by atoms with E-state index in [4.69, 9.17) is 31.5 Å². The molecule has 110 valence electrons. The van der Waals surface area contributed by atoms with E-state index in [0.717, 1.165) is 21.3 Å². The molecule has 1 aliphatic heterocycles. The van der Waals surface area contributed by atoms with E-state index in [9.17, 15) is 0 Å². The molecule has 21 heavy (non-hydrogen) atoms. The topological polar surface area (TPSA) is 53.7 Å². The minimum Gasteiger partial charge on any atom is -0.487 e. The molecule has 0 unspecified atom stereocenters. The zero-order chi connectivity index (χ0) is 14.8. The molecule has 2 aromatic carbocycles. The van der Waals surface area contributed by atoms with E-state index < -0.39 is 0 Å². The summed E-state index contributed by atoms with van der Waals surface area (Å²) in [7, 11) is 0. The summed E-state index contributed by atoms with van der Waals surface area (Å²) in [5.41, 5.74) is 8.37. The van der Waals surface area contributed by atoms with Crippen molar-refractivity contribution in [3.8, 4) is 11.5 Å². The molecule has 0 amide bonds. The van der Waals surface area contributed by atoms with Crippen LogP contribution in [0.25, 0.3) is 0 Å². The quantitative estimate of drug-likeness (QED) is 0.825. The van der Waals surface area contributed by atoms with Crippen molar-refractivity contribution in [1.29, 1.82) is 0 Å². The number of rotatable bonds is 3. The standard InChI is InChI=1S/C15H13BrClNO3/c16-11-1-2-13(17)14(5-11)20-7-10-4-12(18)3-9-6-19-8-21-15(9)10/h1-5H,6-8,18H2. The summed E-state index contributed by atoms with van der Waals surface area (Å²) in [5, 5.41) is 0.556. The maximum Gasteiger partial charge on any atom is 0.189 e. The Balaban J connectivity index is 1.85. The first-order valence-corrected chi connectivity index (χ1v) is 7.50. The van der Waals surface area contributed by atoms with E-state index in [0.29, 0.717) is 29.7 Å². The van der Waals surface area contributed by atoms with Gasteiger partial charge in [-0.2, -0.15) is 0 Å². The Labute approximate surface area is 135 Å². The van der Waals surface area contributed by atoms with Crippen molar-refractivity contribution in [2.45, 2.75) is 13.2 Å². The second-order valence-electron chi connectivity index (χ2n) is 4.64. The van der Waals surface area contributed by atoms with Gasteiger partial charge >= 0.3 is 0 Å². The van der Waals surface area contributed by atoms with Gasteiger partial charge in [0.2, 0.25) is 0 Å². The number of nitrogen functional groups attached to an aromatic ring is 1. The number of hydrogen-bond acceptors (Lipinski definition) is 4. The van der Waals surface area contributed by atoms with Crippen LogP contribution in [0.1, 0.15) is 11.1 Å². The molecule has 0 aromatic heterocycles. The lowest BCUT2D eigenvalue weighted by atomic mass is 10.1. The van der Waals surface area contributed by atoms with Gasteiger partial charge in [0.15, 0.2) is 6.79 Å². The van der Waals surface area contributed by atoms with Gasteiger partial charge in [0.05, 0.1) is 11.6 Å². The van der Waals surface area contributed by atoms with Crippen LogP contribution in [-0.2, 0) is 18.0 Å². The molecule has 0 saturated heterocycles. The molecule has 0 aliphatic carbocycles. The minimum absolute atomic E-state index is 0.238. The van der Waals surface area contributed by atoms with Crippen molar-refractivity contribution in [2.24, 2.45) is 0 Å². The van der Waals surface area contributed by atoms with E-state index in [1.165, 1.54) is 0 Å². The highest BCUT2D eigenvalue weighted by Gasteiger charge is 2.17. The van der Waals surface area contributed by atoms with Crippen molar-refractivity contribution in [1.82, 2.24) is 0 Å². The molecule has 1 aliphatic rings. The molecule has 0 fully saturated rings. The predicted molar refractivity (Wildman–Crippen MR) is 84.6 cm³/mol. The number of fused-ring (bicyclic) bond motifs is 1. The van der Waals surface area contributed by atoms with Crippen LogP contribution in [0, 0.1) is 0 Å². The summed E-state index contributed by atoms with van der Waals surface area (Å²) < 4.78 is 17.5. The van der Waals surface area contributed by atoms with E-state index in [1.54, 1.807) is 6.07 Å². The maximum absolute atomic E-state index is 6.12. The van der Waals surface area contributed by atoms with Crippen molar-refractivity contribution in [2.75, 3.05) is 12.5 Å². The molecule has 0 radical (unpaired) electrons. The third-order valence-corrected chi connectivity index (χ3v) is 3.89. The summed E-state index contributed by atoms with van der Waals surface area (Å²) in [4.78, 5) is 0. The van der Waals surface area contributed by atoms with E-state index in [2.05, 4.69) is 15.9 Å². The molecule has 6 heteroatoms. The van der Waals surface area contributed by atoms with Crippen LogP contribution >= 0.6 is 27.5 Å². The highest BCUT2D eigenvalue weighted by atomic mass is 79.9. The van der Waals surface area contributed by atoms with Gasteiger partial charge in [0, 0.05) is 21.3 Å². The fourth-order valence-corrected chi connectivity index (χ4v) is 2.69. The van der Waals surface area contributed by atoms with Gasteiger partial charge in [0.1, 0.15) is 18.1 Å². The van der Waals surface area contributed by atoms with E-state index in [1.807, 2.05) is 24.3 Å². The largest absolute Gasteiger partial charge is 0.487 e. The number of halogens is 2. The number of hydrogen-bond donors (Lipinski definition) is 1. The fourth-order valence-electron chi connectivity index (χ4n) is 2.18. The molecule has 0 saturated carbocycles. The average molecular weight is 371 g/mol. The summed E-state index contributed by atoms with van der Waals surface area (Å²) in [6, 6.07) is 9.16. The Kier molecular flexibility index (Phi) is 4.24. The van der Waals surface area contributed by atoms with E-state index in [-0.39, 0.29) is 6.79 Å². The first-order chi connectivity index (χ1) is 10.1. The van der Waals surface area contributed by atoms with Gasteiger partial charge in [0.25, 0.3) is 0 Å². The lowest BCUT2D eigenvalue weighted by Crippen LogP contribution is -2.14. The monoisotopic (exact) mass is 369 g/mol. The van der Waals surface area contributed by atoms with Crippen LogP contribution in [0.5, 0.6) is 11.5 Å². The second-order valence-corrected chi connectivity index (χ2v) is 5.97. The Morgan fingerprint density at radius 3 is 3.00 bits per heavy atom. The zero-order valence-corrected chi connectivity index (χ0v) is 13.4. The highest BCUT2D eigenvalue weighted by Crippen LogP contribution is 2.33. The number of anilines is 1. The Hall–Kier alpha value is -1.43. The first kappa shape index (κ1) is 14.5. The Morgan fingerprint density at radius 2 is 2.14 bits per heavy atom. The van der Waals surface area contributed by atoms with Gasteiger partial charge in [-0.25, -0.2) is 0 Å². The van der Waals surface area contributed by atoms with Gasteiger partial charge in [-0.05, 0) is 30.3 Å². The summed E-state index contributed by atoms with van der Waals surface area (Å²) in [6.45, 7) is 1.05. The van der Waals surface area contributed by atoms with Gasteiger partial charge in [-0.1, -0.05) is 27.5 Å². The molecule has 0 bridgehead atoms. The van der Waals surface area contributed by atoms with Crippen molar-refractivity contribution >= 4 is 33.2 Å². The molecule has 3 rings (SSSR count). The molecular weight excluding hydrogens is 358 g/mol. The molecule has 4 nitrogen and oxygen atoms in total. The Bertz CT molecular complexity index is 678.